The summed E-state index contributed by atoms with van der Waals surface area (Å²) in [5, 5.41) is 15.7. The number of nitrogens with one attached hydrogen (secondary N) is 1. The molecule has 1 unspecified atom stereocenters. The predicted octanol–water partition coefficient (Wildman–Crippen LogP) is 2.82. The Kier molecular flexibility index (Phi) is 4.58. The minimum atomic E-state index is -0.923. The Hall–Kier alpha value is -1.36. The van der Waals surface area contributed by atoms with Crippen LogP contribution in [0.2, 0.25) is 0 Å². The van der Waals surface area contributed by atoms with Gasteiger partial charge in [0, 0.05) is 5.38 Å². The van der Waals surface area contributed by atoms with Crippen molar-refractivity contribution < 1.29 is 14.7 Å². The number of hydrogen-bond acceptors (Lipinski definition) is 3. The fourth-order valence-electron chi connectivity index (χ4n) is 2.66. The molecule has 1 aliphatic rings. The lowest BCUT2D eigenvalue weighted by Gasteiger charge is -2.28. The van der Waals surface area contributed by atoms with Crippen LogP contribution in [0.5, 0.6) is 0 Å². The third-order valence-corrected chi connectivity index (χ3v) is 4.64. The van der Waals surface area contributed by atoms with Crippen molar-refractivity contribution in [3.8, 4) is 0 Å². The van der Waals surface area contributed by atoms with E-state index >= 15 is 0 Å². The summed E-state index contributed by atoms with van der Waals surface area (Å²) >= 11 is 1.46. The zero-order valence-electron chi connectivity index (χ0n) is 11.0. The Morgan fingerprint density at radius 2 is 2.00 bits per heavy atom. The summed E-state index contributed by atoms with van der Waals surface area (Å²) in [6, 6.07) is -0.757. The second-order valence-corrected chi connectivity index (χ2v) is 5.90. The molecule has 2 rings (SSSR count). The smallest absolute Gasteiger partial charge is 0.326 e. The summed E-state index contributed by atoms with van der Waals surface area (Å²) in [5.41, 5.74) is 1.49. The van der Waals surface area contributed by atoms with E-state index in [1.165, 1.54) is 17.8 Å². The number of carbonyl (C=O) groups is 2. The maximum Gasteiger partial charge on any atom is 0.326 e. The van der Waals surface area contributed by atoms with Crippen molar-refractivity contribution >= 4 is 23.2 Å². The second-order valence-electron chi connectivity index (χ2n) is 5.16. The molecule has 5 heteroatoms. The van der Waals surface area contributed by atoms with Gasteiger partial charge in [-0.2, -0.15) is 11.3 Å². The molecule has 2 N–H and O–H groups in total. The highest BCUT2D eigenvalue weighted by atomic mass is 32.1. The minimum absolute atomic E-state index is 0.0640. The largest absolute Gasteiger partial charge is 0.480 e. The third kappa shape index (κ3) is 3.35. The quantitative estimate of drug-likeness (QED) is 0.891. The van der Waals surface area contributed by atoms with E-state index in [9.17, 15) is 14.7 Å². The van der Waals surface area contributed by atoms with E-state index in [1.807, 2.05) is 12.3 Å². The zero-order chi connectivity index (χ0) is 13.8. The Morgan fingerprint density at radius 1 is 1.32 bits per heavy atom. The summed E-state index contributed by atoms with van der Waals surface area (Å²) in [7, 11) is 0. The van der Waals surface area contributed by atoms with Gasteiger partial charge in [-0.05, 0) is 36.6 Å². The molecule has 1 atom stereocenters. The molecule has 0 bridgehead atoms. The molecule has 0 radical (unpaired) electrons. The summed E-state index contributed by atoms with van der Waals surface area (Å²) in [6.45, 7) is 1.86. The van der Waals surface area contributed by atoms with Crippen molar-refractivity contribution in [3.05, 3.63) is 21.9 Å². The van der Waals surface area contributed by atoms with Gasteiger partial charge in [0.15, 0.2) is 0 Å². The Bertz CT molecular complexity index is 463. The first kappa shape index (κ1) is 14.1. The maximum atomic E-state index is 12.1. The number of rotatable bonds is 4. The van der Waals surface area contributed by atoms with Gasteiger partial charge in [-0.1, -0.05) is 19.3 Å². The number of amides is 1. The van der Waals surface area contributed by atoms with Gasteiger partial charge in [0.05, 0.1) is 5.56 Å². The first-order chi connectivity index (χ1) is 9.09. The highest BCUT2D eigenvalue weighted by molar-refractivity contribution is 7.08. The highest BCUT2D eigenvalue weighted by Gasteiger charge is 2.31. The molecule has 4 nitrogen and oxygen atoms in total. The van der Waals surface area contributed by atoms with E-state index in [4.69, 9.17) is 0 Å². The third-order valence-electron chi connectivity index (χ3n) is 3.77. The van der Waals surface area contributed by atoms with Gasteiger partial charge in [0.2, 0.25) is 0 Å². The molecule has 0 aromatic carbocycles. The molecular formula is C14H19NO3S. The van der Waals surface area contributed by atoms with Gasteiger partial charge >= 0.3 is 5.97 Å². The summed E-state index contributed by atoms with van der Waals surface area (Å²) < 4.78 is 0. The predicted molar refractivity (Wildman–Crippen MR) is 74.5 cm³/mol. The molecule has 1 aromatic heterocycles. The van der Waals surface area contributed by atoms with Crippen molar-refractivity contribution in [2.45, 2.75) is 45.1 Å². The highest BCUT2D eigenvalue weighted by Crippen LogP contribution is 2.27. The molecule has 0 spiro atoms. The molecule has 1 fully saturated rings. The van der Waals surface area contributed by atoms with E-state index in [1.54, 1.807) is 5.38 Å². The van der Waals surface area contributed by atoms with E-state index < -0.39 is 12.0 Å². The van der Waals surface area contributed by atoms with E-state index in [0.717, 1.165) is 31.2 Å². The molecular weight excluding hydrogens is 262 g/mol. The first-order valence-corrected chi connectivity index (χ1v) is 7.60. The monoisotopic (exact) mass is 281 g/mol. The van der Waals surface area contributed by atoms with Crippen LogP contribution in [0.25, 0.3) is 0 Å². The Balaban J connectivity index is 2.06. The van der Waals surface area contributed by atoms with Crippen molar-refractivity contribution in [2.75, 3.05) is 0 Å². The molecule has 104 valence electrons. The van der Waals surface area contributed by atoms with Crippen molar-refractivity contribution in [2.24, 2.45) is 5.92 Å². The van der Waals surface area contributed by atoms with Crippen LogP contribution < -0.4 is 5.32 Å². The lowest BCUT2D eigenvalue weighted by Crippen LogP contribution is -2.46. The molecule has 0 saturated heterocycles. The number of thiophene rings is 1. The van der Waals surface area contributed by atoms with Gasteiger partial charge in [-0.15, -0.1) is 0 Å². The number of hydrogen-bond donors (Lipinski definition) is 2. The number of carboxylic acid groups (broad SMARTS) is 1. The molecule has 1 heterocycles. The van der Waals surface area contributed by atoms with Crippen LogP contribution >= 0.6 is 11.3 Å². The number of aliphatic carboxylic acids is 1. The summed E-state index contributed by atoms with van der Waals surface area (Å²) in [6.07, 6.45) is 5.06. The molecule has 19 heavy (non-hydrogen) atoms. The Morgan fingerprint density at radius 3 is 2.53 bits per heavy atom. The Labute approximate surface area is 116 Å². The lowest BCUT2D eigenvalue weighted by atomic mass is 9.84. The molecule has 1 aromatic rings. The van der Waals surface area contributed by atoms with Crippen LogP contribution in [0.4, 0.5) is 0 Å². The van der Waals surface area contributed by atoms with Crippen molar-refractivity contribution in [3.63, 3.8) is 0 Å². The SMILES string of the molecule is Cc1cscc1C(=O)NC(C(=O)O)C1CCCCC1. The average molecular weight is 281 g/mol. The topological polar surface area (TPSA) is 66.4 Å². The molecule has 1 amide bonds. The number of carboxylic acids is 1. The lowest BCUT2D eigenvalue weighted by molar-refractivity contribution is -0.141. The fraction of sp³-hybridized carbons (Fsp3) is 0.571. The molecule has 0 aliphatic heterocycles. The van der Waals surface area contributed by atoms with Crippen LogP contribution in [0.3, 0.4) is 0 Å². The molecule has 1 aliphatic carbocycles. The van der Waals surface area contributed by atoms with E-state index in [2.05, 4.69) is 5.32 Å². The van der Waals surface area contributed by atoms with Gasteiger partial charge in [0.1, 0.15) is 6.04 Å². The van der Waals surface area contributed by atoms with Gasteiger partial charge in [-0.25, -0.2) is 4.79 Å². The minimum Gasteiger partial charge on any atom is -0.480 e. The van der Waals surface area contributed by atoms with Crippen molar-refractivity contribution in [1.29, 1.82) is 0 Å². The van der Waals surface area contributed by atoms with E-state index in [-0.39, 0.29) is 11.8 Å². The van der Waals surface area contributed by atoms with Crippen LogP contribution in [-0.4, -0.2) is 23.0 Å². The van der Waals surface area contributed by atoms with Gasteiger partial charge in [-0.3, -0.25) is 4.79 Å². The van der Waals surface area contributed by atoms with Crippen LogP contribution in [0.1, 0.15) is 48.0 Å². The second kappa shape index (κ2) is 6.19. The fourth-order valence-corrected chi connectivity index (χ4v) is 3.49. The summed E-state index contributed by atoms with van der Waals surface area (Å²) in [5.74, 6) is -1.13. The van der Waals surface area contributed by atoms with Gasteiger partial charge in [0.25, 0.3) is 5.91 Å². The van der Waals surface area contributed by atoms with Crippen LogP contribution in [0, 0.1) is 12.8 Å². The summed E-state index contributed by atoms with van der Waals surface area (Å²) in [4.78, 5) is 23.5. The van der Waals surface area contributed by atoms with Crippen molar-refractivity contribution in [1.82, 2.24) is 5.32 Å². The van der Waals surface area contributed by atoms with Gasteiger partial charge < -0.3 is 10.4 Å². The number of carbonyl (C=O) groups excluding carboxylic acids is 1. The average Bonchev–Trinajstić information content (AvgIpc) is 2.82. The number of aryl methyl sites for hydroxylation is 1. The first-order valence-electron chi connectivity index (χ1n) is 6.66. The van der Waals surface area contributed by atoms with Crippen LogP contribution in [0.15, 0.2) is 10.8 Å². The molecule has 1 saturated carbocycles. The van der Waals surface area contributed by atoms with E-state index in [0.29, 0.717) is 5.56 Å². The standard InChI is InChI=1S/C14H19NO3S/c1-9-7-19-8-11(9)13(16)15-12(14(17)18)10-5-3-2-4-6-10/h7-8,10,12H,2-6H2,1H3,(H,15,16)(H,17,18). The maximum absolute atomic E-state index is 12.1. The zero-order valence-corrected chi connectivity index (χ0v) is 11.8. The van der Waals surface area contributed by atoms with Crippen LogP contribution in [-0.2, 0) is 4.79 Å². The normalized spacial score (nSPS) is 17.9.